The molecule has 0 saturated carbocycles. The van der Waals surface area contributed by atoms with Crippen molar-refractivity contribution in [2.24, 2.45) is 5.73 Å². The second-order valence-electron chi connectivity index (χ2n) is 5.20. The monoisotopic (exact) mass is 252 g/mol. The fraction of sp³-hybridized carbons (Fsp3) is 0.714. The maximum atomic E-state index is 5.61. The number of nitrogens with zero attached hydrogens (tertiary/aromatic N) is 1. The van der Waals surface area contributed by atoms with Crippen LogP contribution in [0.4, 0.5) is 0 Å². The van der Waals surface area contributed by atoms with Gasteiger partial charge in [-0.1, -0.05) is 0 Å². The number of hydrogen-bond donors (Lipinski definition) is 1. The summed E-state index contributed by atoms with van der Waals surface area (Å²) in [4.78, 5) is 2.49. The lowest BCUT2D eigenvalue weighted by atomic mass is 10.00. The summed E-state index contributed by atoms with van der Waals surface area (Å²) in [6.45, 7) is 6.79. The number of nitrogens with two attached hydrogens (primary N) is 1. The van der Waals surface area contributed by atoms with Crippen LogP contribution in [-0.2, 0) is 17.8 Å². The summed E-state index contributed by atoms with van der Waals surface area (Å²) in [6.07, 6.45) is 2.64. The summed E-state index contributed by atoms with van der Waals surface area (Å²) in [5.74, 6) is 1.87. The number of rotatable bonds is 4. The highest BCUT2D eigenvalue weighted by Crippen LogP contribution is 2.23. The highest BCUT2D eigenvalue weighted by Gasteiger charge is 2.26. The van der Waals surface area contributed by atoms with Gasteiger partial charge in [-0.3, -0.25) is 4.90 Å². The van der Waals surface area contributed by atoms with Gasteiger partial charge < -0.3 is 14.9 Å². The van der Waals surface area contributed by atoms with E-state index in [1.807, 2.05) is 6.92 Å². The van der Waals surface area contributed by atoms with Crippen LogP contribution in [-0.4, -0.2) is 30.7 Å². The Hall–Kier alpha value is -0.840. The Morgan fingerprint density at radius 1 is 1.56 bits per heavy atom. The van der Waals surface area contributed by atoms with Gasteiger partial charge in [0.15, 0.2) is 0 Å². The third-order valence-electron chi connectivity index (χ3n) is 3.95. The van der Waals surface area contributed by atoms with E-state index < -0.39 is 0 Å². The van der Waals surface area contributed by atoms with Gasteiger partial charge in [0.1, 0.15) is 11.5 Å². The third-order valence-corrected chi connectivity index (χ3v) is 3.95. The Bertz CT molecular complexity index is 389. The summed E-state index contributed by atoms with van der Waals surface area (Å²) >= 11 is 0. The zero-order valence-corrected chi connectivity index (χ0v) is 11.6. The van der Waals surface area contributed by atoms with Crippen LogP contribution in [0.5, 0.6) is 0 Å². The van der Waals surface area contributed by atoms with Crippen molar-refractivity contribution in [3.05, 3.63) is 23.2 Å². The molecule has 2 rings (SSSR count). The molecule has 0 aromatic carbocycles. The van der Waals surface area contributed by atoms with E-state index in [0.717, 1.165) is 37.5 Å². The van der Waals surface area contributed by atoms with E-state index in [4.69, 9.17) is 14.9 Å². The van der Waals surface area contributed by atoms with Gasteiger partial charge in [0, 0.05) is 31.8 Å². The molecule has 1 saturated heterocycles. The summed E-state index contributed by atoms with van der Waals surface area (Å²) in [7, 11) is 1.81. The largest absolute Gasteiger partial charge is 0.465 e. The van der Waals surface area contributed by atoms with E-state index in [-0.39, 0.29) is 0 Å². The fourth-order valence-electron chi connectivity index (χ4n) is 2.69. The van der Waals surface area contributed by atoms with Crippen molar-refractivity contribution in [1.82, 2.24) is 4.90 Å². The molecule has 18 heavy (non-hydrogen) atoms. The lowest BCUT2D eigenvalue weighted by Gasteiger charge is -2.36. The standard InChI is InChI=1S/C14H24N2O2/c1-10-6-13(17-3)4-5-16(10)9-12-7-14(8-15)18-11(12)2/h7,10,13H,4-6,8-9,15H2,1-3H3. The van der Waals surface area contributed by atoms with Crippen LogP contribution < -0.4 is 5.73 Å². The quantitative estimate of drug-likeness (QED) is 0.891. The molecule has 4 heteroatoms. The molecule has 2 atom stereocenters. The molecular formula is C14H24N2O2. The molecule has 2 unspecified atom stereocenters. The molecule has 1 aliphatic heterocycles. The predicted molar refractivity (Wildman–Crippen MR) is 71.2 cm³/mol. The first-order valence-electron chi connectivity index (χ1n) is 6.69. The first-order chi connectivity index (χ1) is 8.63. The van der Waals surface area contributed by atoms with Crippen molar-refractivity contribution in [2.45, 2.75) is 51.9 Å². The summed E-state index contributed by atoms with van der Waals surface area (Å²) in [6, 6.07) is 2.64. The molecule has 1 fully saturated rings. The SMILES string of the molecule is COC1CCN(Cc2cc(CN)oc2C)C(C)C1. The van der Waals surface area contributed by atoms with Crippen LogP contribution in [0.15, 0.2) is 10.5 Å². The topological polar surface area (TPSA) is 51.6 Å². The van der Waals surface area contributed by atoms with Crippen LogP contribution in [0.25, 0.3) is 0 Å². The molecule has 1 aliphatic rings. The lowest BCUT2D eigenvalue weighted by molar-refractivity contribution is 0.0128. The van der Waals surface area contributed by atoms with Gasteiger partial charge in [-0.15, -0.1) is 0 Å². The van der Waals surface area contributed by atoms with Gasteiger partial charge in [-0.2, -0.15) is 0 Å². The Labute approximate surface area is 109 Å². The smallest absolute Gasteiger partial charge is 0.118 e. The summed E-state index contributed by atoms with van der Waals surface area (Å²) < 4.78 is 11.1. The lowest BCUT2D eigenvalue weighted by Crippen LogP contribution is -2.42. The first-order valence-corrected chi connectivity index (χ1v) is 6.69. The molecule has 102 valence electrons. The van der Waals surface area contributed by atoms with E-state index >= 15 is 0 Å². The average molecular weight is 252 g/mol. The molecule has 4 nitrogen and oxygen atoms in total. The van der Waals surface area contributed by atoms with E-state index in [1.54, 1.807) is 7.11 Å². The van der Waals surface area contributed by atoms with Gasteiger partial charge in [-0.05, 0) is 32.8 Å². The Kier molecular flexibility index (Phi) is 4.43. The maximum Gasteiger partial charge on any atom is 0.118 e. The number of furan rings is 1. The second-order valence-corrected chi connectivity index (χ2v) is 5.20. The van der Waals surface area contributed by atoms with Crippen LogP contribution >= 0.6 is 0 Å². The molecule has 0 amide bonds. The highest BCUT2D eigenvalue weighted by atomic mass is 16.5. The van der Waals surface area contributed by atoms with Gasteiger partial charge in [0.25, 0.3) is 0 Å². The molecule has 0 aliphatic carbocycles. The second kappa shape index (κ2) is 5.87. The summed E-state index contributed by atoms with van der Waals surface area (Å²) in [5.41, 5.74) is 6.87. The number of hydrogen-bond acceptors (Lipinski definition) is 4. The van der Waals surface area contributed by atoms with E-state index in [0.29, 0.717) is 18.7 Å². The number of ether oxygens (including phenoxy) is 1. The predicted octanol–water partition coefficient (Wildman–Crippen LogP) is 2.05. The van der Waals surface area contributed by atoms with Crippen LogP contribution in [0.2, 0.25) is 0 Å². The zero-order chi connectivity index (χ0) is 13.1. The van der Waals surface area contributed by atoms with Crippen molar-refractivity contribution in [3.63, 3.8) is 0 Å². The molecule has 2 heterocycles. The van der Waals surface area contributed by atoms with Crippen molar-refractivity contribution in [3.8, 4) is 0 Å². The normalized spacial score (nSPS) is 25.6. The van der Waals surface area contributed by atoms with E-state index in [9.17, 15) is 0 Å². The third kappa shape index (κ3) is 2.94. The number of methoxy groups -OCH3 is 1. The minimum atomic E-state index is 0.418. The first kappa shape index (κ1) is 13.6. The van der Waals surface area contributed by atoms with Crippen molar-refractivity contribution in [2.75, 3.05) is 13.7 Å². The zero-order valence-electron chi connectivity index (χ0n) is 11.6. The molecular weight excluding hydrogens is 228 g/mol. The molecule has 0 radical (unpaired) electrons. The van der Waals surface area contributed by atoms with Crippen molar-refractivity contribution < 1.29 is 9.15 Å². The average Bonchev–Trinajstić information content (AvgIpc) is 2.72. The van der Waals surface area contributed by atoms with Gasteiger partial charge in [0.05, 0.1) is 12.6 Å². The van der Waals surface area contributed by atoms with Crippen LogP contribution in [0.1, 0.15) is 36.8 Å². The summed E-state index contributed by atoms with van der Waals surface area (Å²) in [5, 5.41) is 0. The minimum absolute atomic E-state index is 0.418. The Morgan fingerprint density at radius 2 is 2.33 bits per heavy atom. The Balaban J connectivity index is 1.98. The molecule has 1 aromatic rings. The number of piperidine rings is 1. The van der Waals surface area contributed by atoms with Crippen LogP contribution in [0, 0.1) is 6.92 Å². The van der Waals surface area contributed by atoms with Crippen molar-refractivity contribution in [1.29, 1.82) is 0 Å². The molecule has 0 spiro atoms. The molecule has 0 bridgehead atoms. The minimum Gasteiger partial charge on any atom is -0.465 e. The van der Waals surface area contributed by atoms with Gasteiger partial charge in [-0.25, -0.2) is 0 Å². The number of likely N-dealkylation sites (tertiary alicyclic amines) is 1. The maximum absolute atomic E-state index is 5.61. The molecule has 1 aromatic heterocycles. The number of aryl methyl sites for hydroxylation is 1. The highest BCUT2D eigenvalue weighted by molar-refractivity contribution is 5.20. The molecule has 2 N–H and O–H groups in total. The van der Waals surface area contributed by atoms with Crippen molar-refractivity contribution >= 4 is 0 Å². The van der Waals surface area contributed by atoms with Gasteiger partial charge >= 0.3 is 0 Å². The van der Waals surface area contributed by atoms with E-state index in [2.05, 4.69) is 17.9 Å². The van der Waals surface area contributed by atoms with Crippen LogP contribution in [0.3, 0.4) is 0 Å². The van der Waals surface area contributed by atoms with E-state index in [1.165, 1.54) is 5.56 Å². The van der Waals surface area contributed by atoms with Gasteiger partial charge in [0.2, 0.25) is 0 Å². The Morgan fingerprint density at radius 3 is 2.89 bits per heavy atom. The fourth-order valence-corrected chi connectivity index (χ4v) is 2.69.